The third kappa shape index (κ3) is 17.8. The summed E-state index contributed by atoms with van der Waals surface area (Å²) in [7, 11) is 1.26. The van der Waals surface area contributed by atoms with Crippen LogP contribution in [0.2, 0.25) is 0 Å². The number of unbranched alkanes of at least 4 members (excludes halogenated alkanes) is 2. The van der Waals surface area contributed by atoms with Crippen molar-refractivity contribution in [3.05, 3.63) is 0 Å². The summed E-state index contributed by atoms with van der Waals surface area (Å²) in [6.45, 7) is 9.64. The Bertz CT molecular complexity index is 1740. The molecule has 2 saturated heterocycles. The van der Waals surface area contributed by atoms with E-state index in [0.29, 0.717) is 12.8 Å². The van der Waals surface area contributed by atoms with E-state index in [2.05, 4.69) is 37.2 Å². The summed E-state index contributed by atoms with van der Waals surface area (Å²) >= 11 is 0. The van der Waals surface area contributed by atoms with Gasteiger partial charge in [0.05, 0.1) is 25.4 Å². The average Bonchev–Trinajstić information content (AvgIpc) is 3.26. The van der Waals surface area contributed by atoms with Gasteiger partial charge in [0.2, 0.25) is 41.4 Å². The Labute approximate surface area is 394 Å². The van der Waals surface area contributed by atoms with Gasteiger partial charge in [-0.05, 0) is 47.5 Å². The number of aliphatic hydroxyl groups excluding tert-OH is 3. The molecule has 0 spiro atoms. The molecule has 388 valence electrons. The minimum absolute atomic E-state index is 0.166. The van der Waals surface area contributed by atoms with Crippen molar-refractivity contribution in [2.75, 3.05) is 20.3 Å². The van der Waals surface area contributed by atoms with Crippen LogP contribution in [-0.2, 0) is 66.8 Å². The van der Waals surface area contributed by atoms with Gasteiger partial charge in [-0.25, -0.2) is 4.79 Å². The molecule has 68 heavy (non-hydrogen) atoms. The lowest BCUT2D eigenvalue weighted by Crippen LogP contribution is -2.69. The third-order valence-electron chi connectivity index (χ3n) is 11.3. The van der Waals surface area contributed by atoms with Gasteiger partial charge in [0, 0.05) is 27.4 Å². The SMILES string of the molecule is CCCCC[C@H](NC(=O)CC[C@@H](NC(=O)[C@H](C)NC(=O)[C@@H](C)O[C@H]1C(O[C@@H]2O[C@H](CO)[C@@H](OC)[C@H](O)[C@H]2NC(C)=O)[C@@H](CO)OC(C)[C@@H]1NC(C)=O)C(=O)O)C(=O)N[C@H](C)C(=O)N[C@H](C)C(=O)O. The summed E-state index contributed by atoms with van der Waals surface area (Å²) in [5.74, 6) is -8.08. The van der Waals surface area contributed by atoms with Crippen LogP contribution in [0, 0.1) is 0 Å². The zero-order valence-electron chi connectivity index (χ0n) is 39.8. The molecule has 0 radical (unpaired) electrons. The Morgan fingerprint density at radius 1 is 0.632 bits per heavy atom. The average molecular weight is 978 g/mol. The molecule has 2 heterocycles. The van der Waals surface area contributed by atoms with Crippen LogP contribution in [0.5, 0.6) is 0 Å². The monoisotopic (exact) mass is 977 g/mol. The molecule has 2 rings (SSSR count). The number of nitrogens with one attached hydrogen (secondary N) is 7. The molecule has 2 unspecified atom stereocenters. The van der Waals surface area contributed by atoms with Crippen molar-refractivity contribution in [3.63, 3.8) is 0 Å². The number of methoxy groups -OCH3 is 1. The summed E-state index contributed by atoms with van der Waals surface area (Å²) in [5, 5.41) is 67.7. The standard InChI is InChI=1S/C42H71N7O19/c1-10-11-12-13-25(39(59)44-18(2)36(56)45-20(4)40(60)61)48-29(54)15-14-26(41(62)63)49-37(57)19(3)43-38(58)22(6)66-35-30(46-23(7)52)21(5)65-28(17-51)34(35)68-42-31(47-24(8)53)32(55)33(64-9)27(16-50)67-42/h18-22,25-28,30-35,42,50-51,55H,10-17H2,1-9H3,(H,43,58)(H,44,59)(H,45,56)(H,46,52)(H,47,53)(H,48,54)(H,49,57)(H,60,61)(H,62,63)/t18-,19+,20-,21?,22-,25+,26-,27-,28-,30+,31-,32-,33-,34?,35-,42+/m1/s1. The second kappa shape index (κ2) is 28.4. The number of carboxylic acid groups (broad SMARTS) is 2. The van der Waals surface area contributed by atoms with Crippen molar-refractivity contribution in [3.8, 4) is 0 Å². The smallest absolute Gasteiger partial charge is 0.326 e. The number of carbonyl (C=O) groups is 9. The van der Waals surface area contributed by atoms with E-state index in [1.54, 1.807) is 6.92 Å². The number of aliphatic carboxylic acids is 2. The molecular weight excluding hydrogens is 906 g/mol. The number of hydrogen-bond donors (Lipinski definition) is 12. The van der Waals surface area contributed by atoms with Crippen molar-refractivity contribution in [1.82, 2.24) is 37.2 Å². The molecule has 12 N–H and O–H groups in total. The van der Waals surface area contributed by atoms with Gasteiger partial charge >= 0.3 is 11.9 Å². The molecule has 16 atom stereocenters. The number of carboxylic acids is 2. The molecule has 26 nitrogen and oxygen atoms in total. The van der Waals surface area contributed by atoms with E-state index in [9.17, 15) is 63.6 Å². The minimum Gasteiger partial charge on any atom is -0.480 e. The highest BCUT2D eigenvalue weighted by molar-refractivity contribution is 5.94. The molecule has 0 saturated carbocycles. The number of ether oxygens (including phenoxy) is 5. The lowest BCUT2D eigenvalue weighted by Gasteiger charge is -2.49. The van der Waals surface area contributed by atoms with E-state index in [-0.39, 0.29) is 6.42 Å². The number of carbonyl (C=O) groups excluding carboxylic acids is 7. The molecule has 2 aliphatic rings. The van der Waals surface area contributed by atoms with Gasteiger partial charge in [0.15, 0.2) is 6.29 Å². The maximum atomic E-state index is 13.6. The highest BCUT2D eigenvalue weighted by Gasteiger charge is 2.52. The van der Waals surface area contributed by atoms with Crippen molar-refractivity contribution in [2.45, 2.75) is 191 Å². The van der Waals surface area contributed by atoms with E-state index < -0.39 is 177 Å². The molecule has 0 aromatic rings. The van der Waals surface area contributed by atoms with Gasteiger partial charge in [-0.1, -0.05) is 26.2 Å². The van der Waals surface area contributed by atoms with Crippen LogP contribution in [0.3, 0.4) is 0 Å². The van der Waals surface area contributed by atoms with E-state index in [0.717, 1.165) is 6.42 Å². The van der Waals surface area contributed by atoms with Crippen LogP contribution < -0.4 is 37.2 Å². The number of aliphatic hydroxyl groups is 3. The highest BCUT2D eigenvalue weighted by atomic mass is 16.7. The van der Waals surface area contributed by atoms with Crippen molar-refractivity contribution < 1.29 is 92.4 Å². The Kier molecular flexibility index (Phi) is 24.7. The second-order valence-electron chi connectivity index (χ2n) is 16.9. The van der Waals surface area contributed by atoms with E-state index in [1.807, 2.05) is 6.92 Å². The zero-order valence-corrected chi connectivity index (χ0v) is 39.8. The first kappa shape index (κ1) is 59.0. The fourth-order valence-electron chi connectivity index (χ4n) is 7.48. The van der Waals surface area contributed by atoms with Crippen molar-refractivity contribution in [1.29, 1.82) is 0 Å². The number of rotatable bonds is 27. The Morgan fingerprint density at radius 2 is 1.18 bits per heavy atom. The van der Waals surface area contributed by atoms with Crippen LogP contribution in [0.15, 0.2) is 0 Å². The predicted octanol–water partition coefficient (Wildman–Crippen LogP) is -3.96. The topological polar surface area (TPSA) is 385 Å². The van der Waals surface area contributed by atoms with Gasteiger partial charge in [-0.15, -0.1) is 0 Å². The lowest BCUT2D eigenvalue weighted by atomic mass is 9.91. The van der Waals surface area contributed by atoms with Gasteiger partial charge in [-0.2, -0.15) is 0 Å². The second-order valence-corrected chi connectivity index (χ2v) is 16.9. The summed E-state index contributed by atoms with van der Waals surface area (Å²) < 4.78 is 29.7. The number of amides is 7. The fourth-order valence-corrected chi connectivity index (χ4v) is 7.48. The maximum absolute atomic E-state index is 13.6. The molecule has 0 bridgehead atoms. The molecular formula is C42H71N7O19. The van der Waals surface area contributed by atoms with E-state index in [4.69, 9.17) is 28.8 Å². The molecule has 0 aromatic heterocycles. The van der Waals surface area contributed by atoms with Crippen LogP contribution in [0.25, 0.3) is 0 Å². The Morgan fingerprint density at radius 3 is 1.71 bits per heavy atom. The Balaban J connectivity index is 2.21. The van der Waals surface area contributed by atoms with Gasteiger partial charge in [0.25, 0.3) is 0 Å². The highest BCUT2D eigenvalue weighted by Crippen LogP contribution is 2.32. The van der Waals surface area contributed by atoms with Crippen LogP contribution in [0.1, 0.15) is 93.9 Å². The van der Waals surface area contributed by atoms with Crippen molar-refractivity contribution >= 4 is 53.3 Å². The predicted molar refractivity (Wildman–Crippen MR) is 234 cm³/mol. The van der Waals surface area contributed by atoms with Crippen LogP contribution in [-0.4, -0.2) is 197 Å². The first-order valence-corrected chi connectivity index (χ1v) is 22.5. The van der Waals surface area contributed by atoms with Crippen LogP contribution in [0.4, 0.5) is 0 Å². The van der Waals surface area contributed by atoms with E-state index >= 15 is 0 Å². The first-order valence-electron chi connectivity index (χ1n) is 22.5. The largest absolute Gasteiger partial charge is 0.480 e. The summed E-state index contributed by atoms with van der Waals surface area (Å²) in [6, 6.07) is -8.94. The summed E-state index contributed by atoms with van der Waals surface area (Å²) in [6.07, 6.45) is -10.4. The molecule has 0 aliphatic carbocycles. The normalized spacial score (nSPS) is 27.4. The molecule has 26 heteroatoms. The van der Waals surface area contributed by atoms with Gasteiger partial charge in [0.1, 0.15) is 79.0 Å². The van der Waals surface area contributed by atoms with Crippen LogP contribution >= 0.6 is 0 Å². The third-order valence-corrected chi connectivity index (χ3v) is 11.3. The first-order chi connectivity index (χ1) is 31.9. The van der Waals surface area contributed by atoms with Gasteiger partial charge in [-0.3, -0.25) is 38.4 Å². The lowest BCUT2D eigenvalue weighted by molar-refractivity contribution is -0.320. The van der Waals surface area contributed by atoms with Crippen molar-refractivity contribution in [2.24, 2.45) is 0 Å². The minimum atomic E-state index is -1.64. The molecule has 2 fully saturated rings. The summed E-state index contributed by atoms with van der Waals surface area (Å²) in [4.78, 5) is 113. The molecule has 0 aromatic carbocycles. The zero-order chi connectivity index (χ0) is 51.6. The molecule has 2 aliphatic heterocycles. The fraction of sp³-hybridized carbons (Fsp3) is 0.786. The Hall–Kier alpha value is -5.09. The quantitative estimate of drug-likeness (QED) is 0.0349. The van der Waals surface area contributed by atoms with Gasteiger partial charge < -0.3 is 86.4 Å². The summed E-state index contributed by atoms with van der Waals surface area (Å²) in [5.41, 5.74) is 0. The molecule has 7 amide bonds. The number of hydrogen-bond acceptors (Lipinski definition) is 17. The maximum Gasteiger partial charge on any atom is 0.326 e. The van der Waals surface area contributed by atoms with E-state index in [1.165, 1.54) is 48.7 Å².